The second-order valence-electron chi connectivity index (χ2n) is 7.26. The lowest BCUT2D eigenvalue weighted by Gasteiger charge is -2.18. The third-order valence-corrected chi connectivity index (χ3v) is 7.38. The maximum absolute atomic E-state index is 13.0. The van der Waals surface area contributed by atoms with Crippen LogP contribution in [0.25, 0.3) is 11.5 Å². The number of nitrogens with zero attached hydrogens (tertiary/aromatic N) is 3. The molecule has 0 unspecified atom stereocenters. The average Bonchev–Trinajstić information content (AvgIpc) is 3.42. The molecule has 0 radical (unpaired) electrons. The molecule has 1 aliphatic heterocycles. The predicted molar refractivity (Wildman–Crippen MR) is 98.6 cm³/mol. The van der Waals surface area contributed by atoms with Gasteiger partial charge in [-0.15, -0.1) is 0 Å². The highest BCUT2D eigenvalue weighted by atomic mass is 32.2. The Morgan fingerprint density at radius 1 is 1.19 bits per heavy atom. The summed E-state index contributed by atoms with van der Waals surface area (Å²) in [5, 5.41) is 4.06. The minimum Gasteiger partial charge on any atom is -0.495 e. The summed E-state index contributed by atoms with van der Waals surface area (Å²) in [7, 11) is -2.18. The number of aromatic nitrogens is 2. The molecule has 0 atom stereocenters. The molecule has 1 aromatic heterocycles. The van der Waals surface area contributed by atoms with Crippen molar-refractivity contribution in [1.29, 1.82) is 0 Å². The molecule has 9 heteroatoms. The fraction of sp³-hybridized carbons (Fsp3) is 0.556. The Morgan fingerprint density at radius 3 is 2.56 bits per heavy atom. The van der Waals surface area contributed by atoms with E-state index in [4.69, 9.17) is 15.0 Å². The van der Waals surface area contributed by atoms with Gasteiger partial charge in [-0.05, 0) is 43.9 Å². The van der Waals surface area contributed by atoms with Crippen molar-refractivity contribution in [2.24, 2.45) is 5.73 Å². The molecular weight excluding hydrogens is 368 g/mol. The summed E-state index contributed by atoms with van der Waals surface area (Å²) in [6, 6.07) is 4.88. The lowest BCUT2D eigenvalue weighted by atomic mass is 9.99. The summed E-state index contributed by atoms with van der Waals surface area (Å²) < 4.78 is 38.2. The molecule has 4 rings (SSSR count). The van der Waals surface area contributed by atoms with Gasteiger partial charge in [-0.25, -0.2) is 8.42 Å². The van der Waals surface area contributed by atoms with E-state index in [0.717, 1.165) is 38.5 Å². The van der Waals surface area contributed by atoms with Gasteiger partial charge >= 0.3 is 0 Å². The summed E-state index contributed by atoms with van der Waals surface area (Å²) in [5.74, 6) is 1.05. The minimum atomic E-state index is -3.64. The van der Waals surface area contributed by atoms with E-state index in [1.54, 1.807) is 18.2 Å². The van der Waals surface area contributed by atoms with Gasteiger partial charge in [0.2, 0.25) is 10.0 Å². The van der Waals surface area contributed by atoms with Crippen LogP contribution in [-0.4, -0.2) is 43.1 Å². The molecule has 1 aromatic carbocycles. The zero-order chi connectivity index (χ0) is 19.1. The molecule has 1 aliphatic carbocycles. The number of benzene rings is 1. The number of hydrogen-bond donors (Lipinski definition) is 1. The van der Waals surface area contributed by atoms with Crippen LogP contribution in [0, 0.1) is 0 Å². The van der Waals surface area contributed by atoms with Crippen molar-refractivity contribution in [2.45, 2.75) is 49.0 Å². The number of ether oxygens (including phenoxy) is 1. The van der Waals surface area contributed by atoms with Crippen LogP contribution in [0.1, 0.15) is 44.3 Å². The molecule has 2 fully saturated rings. The highest BCUT2D eigenvalue weighted by molar-refractivity contribution is 7.89. The number of nitrogens with two attached hydrogens (primary N) is 1. The average molecular weight is 392 g/mol. The highest BCUT2D eigenvalue weighted by Crippen LogP contribution is 2.37. The molecular formula is C18H24N4O4S. The Kier molecular flexibility index (Phi) is 4.69. The van der Waals surface area contributed by atoms with E-state index in [2.05, 4.69) is 10.1 Å². The van der Waals surface area contributed by atoms with Crippen LogP contribution in [0.15, 0.2) is 27.6 Å². The van der Waals surface area contributed by atoms with Gasteiger partial charge in [-0.3, -0.25) is 0 Å². The zero-order valence-corrected chi connectivity index (χ0v) is 16.2. The number of rotatable bonds is 5. The first-order valence-corrected chi connectivity index (χ1v) is 10.7. The lowest BCUT2D eigenvalue weighted by Crippen LogP contribution is -2.34. The number of methoxy groups -OCH3 is 1. The Balaban J connectivity index is 1.72. The SMILES string of the molecule is COc1ccc(-c2nc(C3(N)CCCC3)no2)cc1S(=O)(=O)N1CCCC1. The number of hydrogen-bond acceptors (Lipinski definition) is 7. The summed E-state index contributed by atoms with van der Waals surface area (Å²) in [4.78, 5) is 4.58. The fourth-order valence-corrected chi connectivity index (χ4v) is 5.55. The molecule has 8 nitrogen and oxygen atoms in total. The first-order chi connectivity index (χ1) is 12.9. The van der Waals surface area contributed by atoms with Gasteiger partial charge in [0.05, 0.1) is 12.6 Å². The van der Waals surface area contributed by atoms with Crippen molar-refractivity contribution in [2.75, 3.05) is 20.2 Å². The molecule has 2 aromatic rings. The van der Waals surface area contributed by atoms with Crippen LogP contribution < -0.4 is 10.5 Å². The molecule has 1 saturated heterocycles. The minimum absolute atomic E-state index is 0.118. The van der Waals surface area contributed by atoms with Gasteiger partial charge in [-0.1, -0.05) is 18.0 Å². The van der Waals surface area contributed by atoms with Crippen LogP contribution in [0.2, 0.25) is 0 Å². The normalized spacial score (nSPS) is 20.2. The van der Waals surface area contributed by atoms with E-state index in [9.17, 15) is 8.42 Å². The van der Waals surface area contributed by atoms with E-state index >= 15 is 0 Å². The summed E-state index contributed by atoms with van der Waals surface area (Å²) in [6.45, 7) is 1.05. The van der Waals surface area contributed by atoms with E-state index in [1.165, 1.54) is 11.4 Å². The standard InChI is InChI=1S/C18H24N4O4S/c1-25-14-7-6-13(12-15(14)27(23,24)22-10-4-5-11-22)16-20-17(21-26-16)18(19)8-2-3-9-18/h6-7,12H,2-5,8-11,19H2,1H3. The largest absolute Gasteiger partial charge is 0.495 e. The van der Waals surface area contributed by atoms with Crippen LogP contribution in [0.3, 0.4) is 0 Å². The van der Waals surface area contributed by atoms with Crippen molar-refractivity contribution in [3.63, 3.8) is 0 Å². The van der Waals surface area contributed by atoms with Crippen molar-refractivity contribution >= 4 is 10.0 Å². The van der Waals surface area contributed by atoms with Crippen molar-refractivity contribution in [1.82, 2.24) is 14.4 Å². The molecule has 2 N–H and O–H groups in total. The summed E-state index contributed by atoms with van der Waals surface area (Å²) in [5.41, 5.74) is 6.37. The van der Waals surface area contributed by atoms with E-state index < -0.39 is 15.6 Å². The van der Waals surface area contributed by atoms with Crippen molar-refractivity contribution in [3.8, 4) is 17.2 Å². The fourth-order valence-electron chi connectivity index (χ4n) is 3.85. The molecule has 1 saturated carbocycles. The second kappa shape index (κ2) is 6.88. The van der Waals surface area contributed by atoms with Gasteiger partial charge in [0.25, 0.3) is 5.89 Å². The molecule has 146 valence electrons. The quantitative estimate of drug-likeness (QED) is 0.830. The Morgan fingerprint density at radius 2 is 1.89 bits per heavy atom. The monoisotopic (exact) mass is 392 g/mol. The van der Waals surface area contributed by atoms with E-state index in [-0.39, 0.29) is 10.8 Å². The molecule has 27 heavy (non-hydrogen) atoms. The topological polar surface area (TPSA) is 112 Å². The maximum atomic E-state index is 13.0. The first kappa shape index (κ1) is 18.4. The van der Waals surface area contributed by atoms with E-state index in [1.807, 2.05) is 0 Å². The van der Waals surface area contributed by atoms with E-state index in [0.29, 0.717) is 30.2 Å². The Hall–Kier alpha value is -1.97. The van der Waals surface area contributed by atoms with Gasteiger partial charge in [0, 0.05) is 18.7 Å². The van der Waals surface area contributed by atoms with Crippen LogP contribution in [0.5, 0.6) is 5.75 Å². The van der Waals surface area contributed by atoms with Crippen LogP contribution >= 0.6 is 0 Å². The molecule has 2 aliphatic rings. The van der Waals surface area contributed by atoms with Crippen LogP contribution in [0.4, 0.5) is 0 Å². The van der Waals surface area contributed by atoms with Gasteiger partial charge in [0.15, 0.2) is 5.82 Å². The van der Waals surface area contributed by atoms with Crippen molar-refractivity contribution < 1.29 is 17.7 Å². The molecule has 2 heterocycles. The number of sulfonamides is 1. The second-order valence-corrected chi connectivity index (χ2v) is 9.17. The molecule has 0 spiro atoms. The van der Waals surface area contributed by atoms with Crippen molar-refractivity contribution in [3.05, 3.63) is 24.0 Å². The van der Waals surface area contributed by atoms with Gasteiger partial charge < -0.3 is 15.0 Å². The lowest BCUT2D eigenvalue weighted by molar-refractivity contribution is 0.372. The Bertz CT molecular complexity index is 929. The zero-order valence-electron chi connectivity index (χ0n) is 15.3. The first-order valence-electron chi connectivity index (χ1n) is 9.26. The highest BCUT2D eigenvalue weighted by Gasteiger charge is 2.36. The summed E-state index contributed by atoms with van der Waals surface area (Å²) in [6.07, 6.45) is 5.47. The smallest absolute Gasteiger partial charge is 0.258 e. The summed E-state index contributed by atoms with van der Waals surface area (Å²) >= 11 is 0. The third-order valence-electron chi connectivity index (χ3n) is 5.46. The Labute approximate surface area is 158 Å². The molecule has 0 bridgehead atoms. The van der Waals surface area contributed by atoms with Crippen LogP contribution in [-0.2, 0) is 15.6 Å². The van der Waals surface area contributed by atoms with Gasteiger partial charge in [0.1, 0.15) is 10.6 Å². The third kappa shape index (κ3) is 3.24. The predicted octanol–water partition coefficient (Wildman–Crippen LogP) is 2.26. The van der Waals surface area contributed by atoms with Gasteiger partial charge in [-0.2, -0.15) is 9.29 Å². The molecule has 0 amide bonds. The maximum Gasteiger partial charge on any atom is 0.258 e.